The molecule has 0 aliphatic heterocycles. The molecule has 118 valence electrons. The van der Waals surface area contributed by atoms with Crippen LogP contribution in [0.2, 0.25) is 0 Å². The van der Waals surface area contributed by atoms with Gasteiger partial charge in [-0.05, 0) is 43.4 Å². The van der Waals surface area contributed by atoms with Gasteiger partial charge in [-0.1, -0.05) is 54.2 Å². The third kappa shape index (κ3) is 3.69. The highest BCUT2D eigenvalue weighted by molar-refractivity contribution is 9.10. The Hall–Kier alpha value is -0.380. The van der Waals surface area contributed by atoms with Gasteiger partial charge in [0, 0.05) is 22.9 Å². The average molecular weight is 354 g/mol. The van der Waals surface area contributed by atoms with Crippen LogP contribution >= 0.6 is 15.9 Å². The second-order valence-electron chi connectivity index (χ2n) is 6.93. The van der Waals surface area contributed by atoms with Crippen LogP contribution in [-0.4, -0.2) is 17.3 Å². The van der Waals surface area contributed by atoms with E-state index in [0.717, 1.165) is 17.3 Å². The van der Waals surface area contributed by atoms with Crippen LogP contribution in [0.3, 0.4) is 0 Å². The van der Waals surface area contributed by atoms with Crippen molar-refractivity contribution in [1.29, 1.82) is 0 Å². The summed E-state index contributed by atoms with van der Waals surface area (Å²) < 4.78 is 1.07. The number of hydrogen-bond acceptors (Lipinski definition) is 2. The predicted molar refractivity (Wildman–Crippen MR) is 92.2 cm³/mol. The number of aliphatic hydroxyl groups is 1. The molecule has 1 fully saturated rings. The Balaban J connectivity index is 2.20. The fourth-order valence-corrected chi connectivity index (χ4v) is 4.18. The average Bonchev–Trinajstić information content (AvgIpc) is 2.49. The summed E-state index contributed by atoms with van der Waals surface area (Å²) in [6.07, 6.45) is 6.44. The molecule has 21 heavy (non-hydrogen) atoms. The standard InChI is InChI=1S/C18H28BrNO/c1-3-14-5-4-10-18(12-14,13-20)17(2,21)11-15-6-8-16(19)9-7-15/h6-9,14,21H,3-5,10-13,20H2,1-2H3. The number of hydrogen-bond donors (Lipinski definition) is 2. The van der Waals surface area contributed by atoms with E-state index >= 15 is 0 Å². The van der Waals surface area contributed by atoms with E-state index in [1.165, 1.54) is 24.8 Å². The Morgan fingerprint density at radius 1 is 1.38 bits per heavy atom. The van der Waals surface area contributed by atoms with Gasteiger partial charge in [0.2, 0.25) is 0 Å². The first-order valence-corrected chi connectivity index (χ1v) is 8.88. The fourth-order valence-electron chi connectivity index (χ4n) is 3.92. The van der Waals surface area contributed by atoms with E-state index in [0.29, 0.717) is 18.9 Å². The van der Waals surface area contributed by atoms with Gasteiger partial charge in [-0.2, -0.15) is 0 Å². The van der Waals surface area contributed by atoms with Crippen molar-refractivity contribution in [2.45, 2.75) is 58.0 Å². The first-order chi connectivity index (χ1) is 9.92. The molecule has 0 spiro atoms. The Bertz CT molecular complexity index is 457. The molecule has 3 atom stereocenters. The maximum Gasteiger partial charge on any atom is 0.0728 e. The van der Waals surface area contributed by atoms with Crippen LogP contribution in [0.25, 0.3) is 0 Å². The van der Waals surface area contributed by atoms with Crippen molar-refractivity contribution in [1.82, 2.24) is 0 Å². The quantitative estimate of drug-likeness (QED) is 0.829. The van der Waals surface area contributed by atoms with Crippen LogP contribution in [-0.2, 0) is 6.42 Å². The number of halogens is 1. The summed E-state index contributed by atoms with van der Waals surface area (Å²) in [5, 5.41) is 11.2. The molecule has 3 unspecified atom stereocenters. The van der Waals surface area contributed by atoms with Crippen molar-refractivity contribution >= 4 is 15.9 Å². The summed E-state index contributed by atoms with van der Waals surface area (Å²) >= 11 is 3.46. The van der Waals surface area contributed by atoms with Gasteiger partial charge in [0.25, 0.3) is 0 Å². The van der Waals surface area contributed by atoms with E-state index in [9.17, 15) is 5.11 Å². The van der Waals surface area contributed by atoms with Gasteiger partial charge in [-0.3, -0.25) is 0 Å². The first-order valence-electron chi connectivity index (χ1n) is 8.09. The Kier molecular flexibility index (Phi) is 5.50. The van der Waals surface area contributed by atoms with Crippen molar-refractivity contribution in [2.75, 3.05) is 6.54 Å². The zero-order valence-electron chi connectivity index (χ0n) is 13.2. The van der Waals surface area contributed by atoms with Gasteiger partial charge in [0.15, 0.2) is 0 Å². The monoisotopic (exact) mass is 353 g/mol. The van der Waals surface area contributed by atoms with Gasteiger partial charge < -0.3 is 10.8 Å². The van der Waals surface area contributed by atoms with Gasteiger partial charge in [-0.15, -0.1) is 0 Å². The van der Waals surface area contributed by atoms with E-state index in [-0.39, 0.29) is 5.41 Å². The highest BCUT2D eigenvalue weighted by atomic mass is 79.9. The fraction of sp³-hybridized carbons (Fsp3) is 0.667. The van der Waals surface area contributed by atoms with Gasteiger partial charge in [0.1, 0.15) is 0 Å². The first kappa shape index (κ1) is 17.0. The number of nitrogens with two attached hydrogens (primary N) is 1. The summed E-state index contributed by atoms with van der Waals surface area (Å²) in [6.45, 7) is 4.81. The van der Waals surface area contributed by atoms with Crippen molar-refractivity contribution < 1.29 is 5.11 Å². The summed E-state index contributed by atoms with van der Waals surface area (Å²) in [5.41, 5.74) is 6.44. The second-order valence-corrected chi connectivity index (χ2v) is 7.85. The molecule has 1 aromatic carbocycles. The predicted octanol–water partition coefficient (Wildman–Crippen LogP) is 4.29. The van der Waals surface area contributed by atoms with Gasteiger partial charge in [-0.25, -0.2) is 0 Å². The lowest BCUT2D eigenvalue weighted by atomic mass is 9.59. The second kappa shape index (κ2) is 6.80. The molecule has 0 heterocycles. The molecule has 1 aliphatic carbocycles. The molecule has 1 saturated carbocycles. The smallest absolute Gasteiger partial charge is 0.0728 e. The maximum absolute atomic E-state index is 11.2. The molecule has 0 bridgehead atoms. The zero-order valence-corrected chi connectivity index (χ0v) is 14.8. The number of rotatable bonds is 5. The third-order valence-corrected chi connectivity index (χ3v) is 6.05. The Morgan fingerprint density at radius 2 is 2.05 bits per heavy atom. The van der Waals surface area contributed by atoms with Crippen LogP contribution in [0.15, 0.2) is 28.7 Å². The molecule has 0 radical (unpaired) electrons. The maximum atomic E-state index is 11.2. The molecule has 1 aromatic rings. The topological polar surface area (TPSA) is 46.2 Å². The van der Waals surface area contributed by atoms with Gasteiger partial charge >= 0.3 is 0 Å². The minimum Gasteiger partial charge on any atom is -0.389 e. The van der Waals surface area contributed by atoms with Crippen molar-refractivity contribution in [3.05, 3.63) is 34.3 Å². The van der Waals surface area contributed by atoms with E-state index < -0.39 is 5.60 Å². The Morgan fingerprint density at radius 3 is 2.62 bits per heavy atom. The number of benzene rings is 1. The lowest BCUT2D eigenvalue weighted by molar-refractivity contribution is -0.0954. The Labute approximate surface area is 137 Å². The highest BCUT2D eigenvalue weighted by Crippen LogP contribution is 2.48. The molecule has 3 N–H and O–H groups in total. The summed E-state index contributed by atoms with van der Waals surface area (Å²) in [7, 11) is 0. The van der Waals surface area contributed by atoms with E-state index in [1.807, 2.05) is 19.1 Å². The lowest BCUT2D eigenvalue weighted by Gasteiger charge is -2.50. The molecule has 0 saturated heterocycles. The van der Waals surface area contributed by atoms with E-state index in [4.69, 9.17) is 5.73 Å². The molecule has 2 nitrogen and oxygen atoms in total. The molecule has 1 aliphatic rings. The SMILES string of the molecule is CCC1CCCC(CN)(C(C)(O)Cc2ccc(Br)cc2)C1. The molecular formula is C18H28BrNO. The molecule has 2 rings (SSSR count). The van der Waals surface area contributed by atoms with Gasteiger partial charge in [0.05, 0.1) is 5.60 Å². The van der Waals surface area contributed by atoms with Crippen LogP contribution in [0.5, 0.6) is 0 Å². The van der Waals surface area contributed by atoms with Crippen LogP contribution in [0.4, 0.5) is 0 Å². The largest absolute Gasteiger partial charge is 0.389 e. The minimum absolute atomic E-state index is 0.140. The lowest BCUT2D eigenvalue weighted by Crippen LogP contribution is -2.54. The van der Waals surface area contributed by atoms with Crippen LogP contribution in [0.1, 0.15) is 51.5 Å². The molecule has 0 amide bonds. The summed E-state index contributed by atoms with van der Waals surface area (Å²) in [4.78, 5) is 0. The molecule has 3 heteroatoms. The van der Waals surface area contributed by atoms with Crippen molar-refractivity contribution in [3.8, 4) is 0 Å². The van der Waals surface area contributed by atoms with Crippen LogP contribution < -0.4 is 5.73 Å². The molecule has 0 aromatic heterocycles. The van der Waals surface area contributed by atoms with Crippen molar-refractivity contribution in [2.24, 2.45) is 17.1 Å². The minimum atomic E-state index is -0.747. The zero-order chi connectivity index (χ0) is 15.5. The highest BCUT2D eigenvalue weighted by Gasteiger charge is 2.48. The molecular weight excluding hydrogens is 326 g/mol. The summed E-state index contributed by atoms with van der Waals surface area (Å²) in [5.74, 6) is 0.707. The van der Waals surface area contributed by atoms with E-state index in [2.05, 4.69) is 35.0 Å². The van der Waals surface area contributed by atoms with Crippen molar-refractivity contribution in [3.63, 3.8) is 0 Å². The van der Waals surface area contributed by atoms with Crippen LogP contribution in [0, 0.1) is 11.3 Å². The third-order valence-electron chi connectivity index (χ3n) is 5.52. The van der Waals surface area contributed by atoms with E-state index in [1.54, 1.807) is 0 Å². The summed E-state index contributed by atoms with van der Waals surface area (Å²) in [6, 6.07) is 8.25. The normalized spacial score (nSPS) is 29.1.